The van der Waals surface area contributed by atoms with Gasteiger partial charge in [0.2, 0.25) is 15.9 Å². The van der Waals surface area contributed by atoms with E-state index >= 15 is 0 Å². The van der Waals surface area contributed by atoms with Crippen molar-refractivity contribution in [2.24, 2.45) is 0 Å². The fourth-order valence-electron chi connectivity index (χ4n) is 2.89. The number of carbonyl (C=O) groups is 1. The van der Waals surface area contributed by atoms with Crippen LogP contribution in [0.2, 0.25) is 0 Å². The molecule has 1 saturated carbocycles. The number of carbonyl (C=O) groups excluding carboxylic acids is 1. The van der Waals surface area contributed by atoms with Crippen LogP contribution < -0.4 is 14.8 Å². The average molecular weight is 415 g/mol. The smallest absolute Gasteiger partial charge is 0.242 e. The molecule has 1 atom stereocenters. The van der Waals surface area contributed by atoms with Crippen LogP contribution in [-0.4, -0.2) is 32.5 Å². The number of hydrogen-bond donors (Lipinski definition) is 2. The number of aromatic nitrogens is 1. The number of benzene rings is 2. The molecule has 29 heavy (non-hydrogen) atoms. The third kappa shape index (κ3) is 4.25. The number of oxazole rings is 1. The van der Waals surface area contributed by atoms with E-state index < -0.39 is 22.0 Å². The Labute approximate surface area is 168 Å². The van der Waals surface area contributed by atoms with Crippen LogP contribution in [0.25, 0.3) is 11.1 Å². The molecule has 8 nitrogen and oxygen atoms in total. The third-order valence-corrected chi connectivity index (χ3v) is 6.25. The lowest BCUT2D eigenvalue weighted by Crippen LogP contribution is -2.41. The van der Waals surface area contributed by atoms with Crippen molar-refractivity contribution in [3.63, 3.8) is 0 Å². The molecule has 0 spiro atoms. The summed E-state index contributed by atoms with van der Waals surface area (Å²) in [4.78, 5) is 17.0. The van der Waals surface area contributed by atoms with Gasteiger partial charge in [-0.2, -0.15) is 4.72 Å². The van der Waals surface area contributed by atoms with Crippen LogP contribution >= 0.6 is 0 Å². The molecule has 4 rings (SSSR count). The van der Waals surface area contributed by atoms with Crippen molar-refractivity contribution in [2.45, 2.75) is 36.6 Å². The molecular weight excluding hydrogens is 394 g/mol. The minimum Gasteiger partial charge on any atom is -0.497 e. The first-order chi connectivity index (χ1) is 13.9. The van der Waals surface area contributed by atoms with Gasteiger partial charge in [-0.3, -0.25) is 4.79 Å². The van der Waals surface area contributed by atoms with Gasteiger partial charge in [-0.25, -0.2) is 13.4 Å². The Bertz CT molecular complexity index is 1150. The van der Waals surface area contributed by atoms with Crippen molar-refractivity contribution < 1.29 is 22.4 Å². The summed E-state index contributed by atoms with van der Waals surface area (Å²) in [5, 5.41) is 2.71. The molecule has 1 aliphatic carbocycles. The minimum absolute atomic E-state index is 0.0505. The van der Waals surface area contributed by atoms with Gasteiger partial charge in [-0.1, -0.05) is 0 Å². The molecule has 1 aromatic heterocycles. The Hall–Kier alpha value is -2.91. The number of anilines is 1. The van der Waals surface area contributed by atoms with E-state index in [9.17, 15) is 13.2 Å². The Morgan fingerprint density at radius 2 is 1.93 bits per heavy atom. The Balaban J connectivity index is 1.43. The normalized spacial score (nSPS) is 15.2. The van der Waals surface area contributed by atoms with Gasteiger partial charge in [-0.15, -0.1) is 0 Å². The quantitative estimate of drug-likeness (QED) is 0.614. The second kappa shape index (κ2) is 7.49. The summed E-state index contributed by atoms with van der Waals surface area (Å²) in [6.45, 7) is 1.48. The second-order valence-corrected chi connectivity index (χ2v) is 8.73. The average Bonchev–Trinajstić information content (AvgIpc) is 3.47. The number of rotatable bonds is 7. The van der Waals surface area contributed by atoms with Crippen molar-refractivity contribution in [2.75, 3.05) is 12.4 Å². The molecule has 0 bridgehead atoms. The van der Waals surface area contributed by atoms with Crippen LogP contribution in [0.5, 0.6) is 5.75 Å². The molecule has 1 aliphatic rings. The van der Waals surface area contributed by atoms with Crippen LogP contribution in [0.1, 0.15) is 31.6 Å². The van der Waals surface area contributed by atoms with Gasteiger partial charge in [0, 0.05) is 11.6 Å². The zero-order valence-electron chi connectivity index (χ0n) is 16.0. The van der Waals surface area contributed by atoms with E-state index in [1.54, 1.807) is 30.3 Å². The number of hydrogen-bond acceptors (Lipinski definition) is 6. The van der Waals surface area contributed by atoms with Crippen LogP contribution in [0.4, 0.5) is 5.69 Å². The second-order valence-electron chi connectivity index (χ2n) is 7.02. The summed E-state index contributed by atoms with van der Waals surface area (Å²) < 4.78 is 38.1. The third-order valence-electron chi connectivity index (χ3n) is 4.69. The van der Waals surface area contributed by atoms with Gasteiger partial charge in [-0.05, 0) is 62.2 Å². The first-order valence-electron chi connectivity index (χ1n) is 9.23. The molecule has 0 radical (unpaired) electrons. The number of nitrogens with one attached hydrogen (secondary N) is 2. The minimum atomic E-state index is -3.85. The highest BCUT2D eigenvalue weighted by atomic mass is 32.2. The van der Waals surface area contributed by atoms with Crippen LogP contribution in [0, 0.1) is 0 Å². The van der Waals surface area contributed by atoms with E-state index in [4.69, 9.17) is 9.15 Å². The molecule has 152 valence electrons. The number of nitrogens with zero attached hydrogens (tertiary/aromatic N) is 1. The van der Waals surface area contributed by atoms with E-state index in [0.717, 1.165) is 18.7 Å². The molecule has 0 saturated heterocycles. The summed E-state index contributed by atoms with van der Waals surface area (Å²) in [5.41, 5.74) is 1.85. The van der Waals surface area contributed by atoms with Gasteiger partial charge >= 0.3 is 0 Å². The zero-order chi connectivity index (χ0) is 20.6. The summed E-state index contributed by atoms with van der Waals surface area (Å²) >= 11 is 0. The highest BCUT2D eigenvalue weighted by molar-refractivity contribution is 7.89. The van der Waals surface area contributed by atoms with Gasteiger partial charge in [0.1, 0.15) is 11.3 Å². The van der Waals surface area contributed by atoms with Crippen LogP contribution in [0.3, 0.4) is 0 Å². The fraction of sp³-hybridized carbons (Fsp3) is 0.300. The molecule has 2 aromatic carbocycles. The maximum Gasteiger partial charge on any atom is 0.242 e. The van der Waals surface area contributed by atoms with Gasteiger partial charge < -0.3 is 14.5 Å². The maximum atomic E-state index is 12.5. The topological polar surface area (TPSA) is 111 Å². The Morgan fingerprint density at radius 1 is 1.21 bits per heavy atom. The predicted octanol–water partition coefficient (Wildman–Crippen LogP) is 3.02. The van der Waals surface area contributed by atoms with Crippen molar-refractivity contribution in [1.29, 1.82) is 0 Å². The molecule has 1 amide bonds. The van der Waals surface area contributed by atoms with Crippen molar-refractivity contribution in [1.82, 2.24) is 9.71 Å². The zero-order valence-corrected chi connectivity index (χ0v) is 16.8. The van der Waals surface area contributed by atoms with Crippen molar-refractivity contribution in [3.05, 3.63) is 48.4 Å². The molecule has 1 heterocycles. The van der Waals surface area contributed by atoms with Crippen LogP contribution in [-0.2, 0) is 14.8 Å². The Kier molecular flexibility index (Phi) is 5.01. The summed E-state index contributed by atoms with van der Waals surface area (Å²) in [5.74, 6) is 1.19. The summed E-state index contributed by atoms with van der Waals surface area (Å²) in [6, 6.07) is 10.1. The monoisotopic (exact) mass is 415 g/mol. The molecule has 3 aromatic rings. The molecule has 1 fully saturated rings. The molecule has 0 unspecified atom stereocenters. The molecule has 0 aliphatic heterocycles. The van der Waals surface area contributed by atoms with Gasteiger partial charge in [0.25, 0.3) is 0 Å². The summed E-state index contributed by atoms with van der Waals surface area (Å²) in [6.07, 6.45) is 2.17. The Morgan fingerprint density at radius 3 is 2.59 bits per heavy atom. The number of sulfonamides is 1. The molecule has 2 N–H and O–H groups in total. The lowest BCUT2D eigenvalue weighted by Gasteiger charge is -2.14. The van der Waals surface area contributed by atoms with E-state index in [2.05, 4.69) is 15.0 Å². The number of fused-ring (bicyclic) bond motifs is 1. The standard InChI is InChI=1S/C20H21N3O5S/c1-12(23-29(25,26)16-8-6-15(27-2)7-9-16)19(24)21-14-5-10-18-17(11-14)22-20(28-18)13-3-4-13/h5-13,23H,3-4H2,1-2H3,(H,21,24)/t12-/m0/s1. The maximum absolute atomic E-state index is 12.5. The fourth-order valence-corrected chi connectivity index (χ4v) is 4.09. The van der Waals surface area contributed by atoms with E-state index in [0.29, 0.717) is 28.5 Å². The van der Waals surface area contributed by atoms with Crippen molar-refractivity contribution in [3.8, 4) is 5.75 Å². The van der Waals surface area contributed by atoms with E-state index in [1.807, 2.05) is 0 Å². The highest BCUT2D eigenvalue weighted by Gasteiger charge is 2.29. The highest BCUT2D eigenvalue weighted by Crippen LogP contribution is 2.40. The molecular formula is C20H21N3O5S. The number of amides is 1. The van der Waals surface area contributed by atoms with Crippen molar-refractivity contribution >= 4 is 32.7 Å². The largest absolute Gasteiger partial charge is 0.497 e. The summed E-state index contributed by atoms with van der Waals surface area (Å²) in [7, 11) is -2.35. The lowest BCUT2D eigenvalue weighted by molar-refractivity contribution is -0.117. The molecule has 9 heteroatoms. The number of ether oxygens (including phenoxy) is 1. The van der Waals surface area contributed by atoms with Gasteiger partial charge in [0.05, 0.1) is 18.0 Å². The first kappa shape index (κ1) is 19.4. The number of methoxy groups -OCH3 is 1. The SMILES string of the molecule is COc1ccc(S(=O)(=O)N[C@@H](C)C(=O)Nc2ccc3oc(C4CC4)nc3c2)cc1. The van der Waals surface area contributed by atoms with Crippen LogP contribution in [0.15, 0.2) is 51.8 Å². The van der Waals surface area contributed by atoms with Gasteiger partial charge in [0.15, 0.2) is 11.5 Å². The predicted molar refractivity (Wildman–Crippen MR) is 107 cm³/mol. The van der Waals surface area contributed by atoms with E-state index in [1.165, 1.54) is 26.2 Å². The van der Waals surface area contributed by atoms with E-state index in [-0.39, 0.29) is 4.90 Å². The lowest BCUT2D eigenvalue weighted by atomic mass is 10.2. The first-order valence-corrected chi connectivity index (χ1v) is 10.7.